The lowest BCUT2D eigenvalue weighted by molar-refractivity contribution is 0.111. The largest absolute Gasteiger partial charge is 0.376 e. The molecule has 1 saturated carbocycles. The van der Waals surface area contributed by atoms with Crippen LogP contribution in [0.3, 0.4) is 0 Å². The quantitative estimate of drug-likeness (QED) is 0.771. The van der Waals surface area contributed by atoms with Gasteiger partial charge in [0.1, 0.15) is 0 Å². The number of carbonyl (C=O) groups excluding carboxylic acids is 1. The third kappa shape index (κ3) is 5.55. The fraction of sp³-hybridized carbons (Fsp3) is 0.316. The summed E-state index contributed by atoms with van der Waals surface area (Å²) in [6.45, 7) is 1.84. The zero-order chi connectivity index (χ0) is 16.8. The lowest BCUT2D eigenvalue weighted by Gasteiger charge is -2.10. The third-order valence-corrected chi connectivity index (χ3v) is 4.08. The highest BCUT2D eigenvalue weighted by atomic mass is 35.5. The van der Waals surface area contributed by atoms with E-state index < -0.39 is 0 Å². The van der Waals surface area contributed by atoms with Crippen molar-refractivity contribution in [3.63, 3.8) is 0 Å². The molecule has 1 fully saturated rings. The van der Waals surface area contributed by atoms with Gasteiger partial charge in [-0.1, -0.05) is 35.9 Å². The van der Waals surface area contributed by atoms with Crippen LogP contribution in [0.5, 0.6) is 0 Å². The normalized spacial score (nSPS) is 13.5. The molecule has 0 radical (unpaired) electrons. The maximum atomic E-state index is 12.0. The smallest absolute Gasteiger partial charge is 0.319 e. The van der Waals surface area contributed by atoms with E-state index >= 15 is 0 Å². The molecule has 2 aromatic rings. The fourth-order valence-electron chi connectivity index (χ4n) is 2.37. The average molecular weight is 345 g/mol. The van der Waals surface area contributed by atoms with Gasteiger partial charge < -0.3 is 15.4 Å². The summed E-state index contributed by atoms with van der Waals surface area (Å²) in [4.78, 5) is 12.0. The summed E-state index contributed by atoms with van der Waals surface area (Å²) in [6.07, 6.45) is 2.57. The van der Waals surface area contributed by atoms with Crippen LogP contribution in [0.2, 0.25) is 5.02 Å². The molecule has 0 bridgehead atoms. The number of hydrogen-bond donors (Lipinski definition) is 2. The second kappa shape index (κ2) is 8.18. The Balaban J connectivity index is 1.46. The second-order valence-electron chi connectivity index (χ2n) is 6.10. The minimum Gasteiger partial charge on any atom is -0.376 e. The molecule has 4 nitrogen and oxygen atoms in total. The van der Waals surface area contributed by atoms with Crippen molar-refractivity contribution < 1.29 is 9.53 Å². The molecule has 1 aliphatic carbocycles. The molecule has 0 aliphatic heterocycles. The number of rotatable bonds is 7. The highest BCUT2D eigenvalue weighted by Crippen LogP contribution is 2.29. The SMILES string of the molecule is O=C(NCc1cccc(Cl)c1)Nc1cccc(COCC2CC2)c1. The van der Waals surface area contributed by atoms with E-state index in [-0.39, 0.29) is 6.03 Å². The van der Waals surface area contributed by atoms with E-state index in [1.165, 1.54) is 12.8 Å². The van der Waals surface area contributed by atoms with Crippen LogP contribution in [-0.4, -0.2) is 12.6 Å². The zero-order valence-electron chi connectivity index (χ0n) is 13.4. The van der Waals surface area contributed by atoms with Crippen LogP contribution in [0, 0.1) is 5.92 Å². The van der Waals surface area contributed by atoms with Gasteiger partial charge in [-0.3, -0.25) is 0 Å². The Kier molecular flexibility index (Phi) is 5.72. The summed E-state index contributed by atoms with van der Waals surface area (Å²) < 4.78 is 5.68. The van der Waals surface area contributed by atoms with E-state index in [1.54, 1.807) is 0 Å². The first-order valence-electron chi connectivity index (χ1n) is 8.15. The van der Waals surface area contributed by atoms with Gasteiger partial charge in [-0.2, -0.15) is 0 Å². The van der Waals surface area contributed by atoms with Crippen molar-refractivity contribution in [3.05, 3.63) is 64.7 Å². The number of ether oxygens (including phenoxy) is 1. The van der Waals surface area contributed by atoms with Crippen LogP contribution >= 0.6 is 11.6 Å². The van der Waals surface area contributed by atoms with Crippen LogP contribution in [0.1, 0.15) is 24.0 Å². The van der Waals surface area contributed by atoms with Gasteiger partial charge >= 0.3 is 6.03 Å². The Morgan fingerprint density at radius 2 is 1.92 bits per heavy atom. The van der Waals surface area contributed by atoms with Crippen LogP contribution in [0.4, 0.5) is 10.5 Å². The predicted molar refractivity (Wildman–Crippen MR) is 96.1 cm³/mol. The lowest BCUT2D eigenvalue weighted by atomic mass is 10.2. The summed E-state index contributed by atoms with van der Waals surface area (Å²) in [5.74, 6) is 0.753. The summed E-state index contributed by atoms with van der Waals surface area (Å²) >= 11 is 5.93. The molecule has 0 aromatic heterocycles. The molecule has 0 saturated heterocycles. The number of halogens is 1. The molecule has 0 spiro atoms. The molecule has 0 atom stereocenters. The summed E-state index contributed by atoms with van der Waals surface area (Å²) in [6, 6.07) is 14.9. The predicted octanol–water partition coefficient (Wildman–Crippen LogP) is 4.59. The Hall–Kier alpha value is -2.04. The van der Waals surface area contributed by atoms with Crippen molar-refractivity contribution in [1.82, 2.24) is 5.32 Å². The van der Waals surface area contributed by atoms with Crippen molar-refractivity contribution >= 4 is 23.3 Å². The van der Waals surface area contributed by atoms with Gasteiger partial charge in [-0.05, 0) is 54.2 Å². The minimum atomic E-state index is -0.244. The molecular formula is C19H21ClN2O2. The molecule has 126 valence electrons. The number of urea groups is 1. The standard InChI is InChI=1S/C19H21ClN2O2/c20-17-5-1-3-15(9-17)11-21-19(23)22-18-6-2-4-16(10-18)13-24-12-14-7-8-14/h1-6,9-10,14H,7-8,11-13H2,(H2,21,22,23). The highest BCUT2D eigenvalue weighted by Gasteiger charge is 2.20. The van der Waals surface area contributed by atoms with E-state index in [0.717, 1.165) is 29.3 Å². The van der Waals surface area contributed by atoms with E-state index in [0.29, 0.717) is 18.2 Å². The summed E-state index contributed by atoms with van der Waals surface area (Å²) in [7, 11) is 0. The van der Waals surface area contributed by atoms with Crippen LogP contribution in [0.15, 0.2) is 48.5 Å². The van der Waals surface area contributed by atoms with Crippen LogP contribution in [-0.2, 0) is 17.9 Å². The first kappa shape index (κ1) is 16.8. The zero-order valence-corrected chi connectivity index (χ0v) is 14.2. The Morgan fingerprint density at radius 1 is 1.12 bits per heavy atom. The molecule has 3 rings (SSSR count). The fourth-order valence-corrected chi connectivity index (χ4v) is 2.58. The Morgan fingerprint density at radius 3 is 2.71 bits per heavy atom. The average Bonchev–Trinajstić information content (AvgIpc) is 3.38. The molecule has 2 aromatic carbocycles. The molecule has 2 amide bonds. The van der Waals surface area contributed by atoms with Crippen molar-refractivity contribution in [2.75, 3.05) is 11.9 Å². The molecule has 5 heteroatoms. The van der Waals surface area contributed by atoms with E-state index in [1.807, 2.05) is 48.5 Å². The van der Waals surface area contributed by atoms with E-state index in [2.05, 4.69) is 10.6 Å². The Bertz CT molecular complexity index is 701. The van der Waals surface area contributed by atoms with Gasteiger partial charge in [0.25, 0.3) is 0 Å². The van der Waals surface area contributed by atoms with Gasteiger partial charge in [0.2, 0.25) is 0 Å². The van der Waals surface area contributed by atoms with Crippen LogP contribution in [0.25, 0.3) is 0 Å². The van der Waals surface area contributed by atoms with Crippen molar-refractivity contribution in [1.29, 1.82) is 0 Å². The number of carbonyl (C=O) groups is 1. The van der Waals surface area contributed by atoms with Gasteiger partial charge in [0, 0.05) is 23.9 Å². The van der Waals surface area contributed by atoms with Gasteiger partial charge in [0.05, 0.1) is 6.61 Å². The monoisotopic (exact) mass is 344 g/mol. The molecule has 2 N–H and O–H groups in total. The lowest BCUT2D eigenvalue weighted by Crippen LogP contribution is -2.28. The number of anilines is 1. The van der Waals surface area contributed by atoms with Gasteiger partial charge in [0.15, 0.2) is 0 Å². The Labute approximate surface area is 147 Å². The van der Waals surface area contributed by atoms with Crippen molar-refractivity contribution in [2.45, 2.75) is 26.0 Å². The summed E-state index contributed by atoms with van der Waals surface area (Å²) in [5, 5.41) is 6.32. The second-order valence-corrected chi connectivity index (χ2v) is 6.53. The maximum Gasteiger partial charge on any atom is 0.319 e. The van der Waals surface area contributed by atoms with E-state index in [4.69, 9.17) is 16.3 Å². The first-order valence-corrected chi connectivity index (χ1v) is 8.53. The van der Waals surface area contributed by atoms with E-state index in [9.17, 15) is 4.79 Å². The molecule has 0 heterocycles. The molecule has 1 aliphatic rings. The van der Waals surface area contributed by atoms with Gasteiger partial charge in [-0.25, -0.2) is 4.79 Å². The van der Waals surface area contributed by atoms with Crippen molar-refractivity contribution in [3.8, 4) is 0 Å². The molecular weight excluding hydrogens is 324 g/mol. The topological polar surface area (TPSA) is 50.4 Å². The van der Waals surface area contributed by atoms with Gasteiger partial charge in [-0.15, -0.1) is 0 Å². The maximum absolute atomic E-state index is 12.0. The highest BCUT2D eigenvalue weighted by molar-refractivity contribution is 6.30. The number of benzene rings is 2. The first-order chi connectivity index (χ1) is 11.7. The third-order valence-electron chi connectivity index (χ3n) is 3.85. The summed E-state index contributed by atoms with van der Waals surface area (Å²) in [5.41, 5.74) is 2.77. The number of amides is 2. The minimum absolute atomic E-state index is 0.244. The van der Waals surface area contributed by atoms with Crippen molar-refractivity contribution in [2.24, 2.45) is 5.92 Å². The molecule has 0 unspecified atom stereocenters. The molecule has 24 heavy (non-hydrogen) atoms. The van der Waals surface area contributed by atoms with Crippen LogP contribution < -0.4 is 10.6 Å². The number of hydrogen-bond acceptors (Lipinski definition) is 2. The number of nitrogens with one attached hydrogen (secondary N) is 2.